The number of benzene rings is 1. The number of amides is 6. The highest BCUT2D eigenvalue weighted by atomic mass is 16.3. The first-order valence-corrected chi connectivity index (χ1v) is 14.6. The fourth-order valence-corrected chi connectivity index (χ4v) is 4.07. The summed E-state index contributed by atoms with van der Waals surface area (Å²) in [7, 11) is 0. The summed E-state index contributed by atoms with van der Waals surface area (Å²) in [6.45, 7) is 4.24. The second-order valence-corrected chi connectivity index (χ2v) is 10.6. The molecule has 0 heterocycles. The van der Waals surface area contributed by atoms with E-state index in [1.807, 2.05) is 0 Å². The molecule has 14 nitrogen and oxygen atoms in total. The molecule has 3 atom stereocenters. The standard InChI is InChI=1S/C29H47N7O7/c1-19(2)26(36-25(40)13-12-24(39)32-14-4-3-6-21(16-30)18-38)28(42)35-23(7-5-15-33-29(31)43)27(41)34-22-10-8-20(17-37)9-11-22/h8-11,18-19,21,23,26,37H,3-7,12-17,30H2,1-2H3,(H,32,39)(H,34,41)(H,35,42)(H,36,40)(H3,31,33,43)/t21-,23-,26-/m0/s1. The van der Waals surface area contributed by atoms with Gasteiger partial charge in [-0.25, -0.2) is 4.79 Å². The Labute approximate surface area is 252 Å². The van der Waals surface area contributed by atoms with Gasteiger partial charge in [0.15, 0.2) is 0 Å². The van der Waals surface area contributed by atoms with Crippen molar-refractivity contribution in [3.05, 3.63) is 29.8 Å². The molecule has 0 bridgehead atoms. The van der Waals surface area contributed by atoms with Crippen LogP contribution >= 0.6 is 0 Å². The summed E-state index contributed by atoms with van der Waals surface area (Å²) in [4.78, 5) is 72.8. The van der Waals surface area contributed by atoms with Crippen LogP contribution in [0, 0.1) is 11.8 Å². The highest BCUT2D eigenvalue weighted by molar-refractivity contribution is 5.98. The maximum absolute atomic E-state index is 13.2. The highest BCUT2D eigenvalue weighted by Crippen LogP contribution is 2.12. The molecule has 0 saturated carbocycles. The predicted octanol–water partition coefficient (Wildman–Crippen LogP) is 0.0320. The Balaban J connectivity index is 2.69. The third kappa shape index (κ3) is 15.7. The number of urea groups is 1. The molecule has 0 aliphatic heterocycles. The first-order valence-electron chi connectivity index (χ1n) is 14.6. The largest absolute Gasteiger partial charge is 0.392 e. The number of hydrogen-bond donors (Lipinski definition) is 8. The summed E-state index contributed by atoms with van der Waals surface area (Å²) in [5, 5.41) is 22.5. The van der Waals surface area contributed by atoms with Crippen molar-refractivity contribution in [2.45, 2.75) is 77.5 Å². The van der Waals surface area contributed by atoms with Gasteiger partial charge in [-0.3, -0.25) is 19.2 Å². The monoisotopic (exact) mass is 605 g/mol. The first-order chi connectivity index (χ1) is 20.5. The van der Waals surface area contributed by atoms with Crippen molar-refractivity contribution in [2.24, 2.45) is 23.3 Å². The van der Waals surface area contributed by atoms with Gasteiger partial charge in [-0.1, -0.05) is 32.4 Å². The van der Waals surface area contributed by atoms with Gasteiger partial charge in [0.25, 0.3) is 0 Å². The smallest absolute Gasteiger partial charge is 0.312 e. The van der Waals surface area contributed by atoms with Crippen molar-refractivity contribution >= 4 is 41.6 Å². The molecule has 43 heavy (non-hydrogen) atoms. The zero-order valence-corrected chi connectivity index (χ0v) is 25.0. The average Bonchev–Trinajstić information content (AvgIpc) is 2.98. The minimum Gasteiger partial charge on any atom is -0.392 e. The van der Waals surface area contributed by atoms with Crippen molar-refractivity contribution in [1.82, 2.24) is 21.3 Å². The maximum atomic E-state index is 13.2. The third-order valence-electron chi connectivity index (χ3n) is 6.67. The number of nitrogens with two attached hydrogens (primary N) is 2. The van der Waals surface area contributed by atoms with E-state index in [1.165, 1.54) is 0 Å². The molecule has 0 aromatic heterocycles. The molecule has 1 aromatic rings. The summed E-state index contributed by atoms with van der Waals surface area (Å²) >= 11 is 0. The lowest BCUT2D eigenvalue weighted by molar-refractivity contribution is -0.132. The van der Waals surface area contributed by atoms with Crippen molar-refractivity contribution in [1.29, 1.82) is 0 Å². The van der Waals surface area contributed by atoms with Crippen LogP contribution in [0.4, 0.5) is 10.5 Å². The molecule has 0 aliphatic rings. The molecule has 6 amide bonds. The number of unbranched alkanes of at least 4 members (excludes halogenated alkanes) is 1. The van der Waals surface area contributed by atoms with Crippen molar-refractivity contribution in [3.63, 3.8) is 0 Å². The summed E-state index contributed by atoms with van der Waals surface area (Å²) in [5.74, 6) is -2.38. The number of aliphatic hydroxyl groups excluding tert-OH is 1. The van der Waals surface area contributed by atoms with Crippen LogP contribution in [0.2, 0.25) is 0 Å². The fourth-order valence-electron chi connectivity index (χ4n) is 4.07. The number of aldehydes is 1. The van der Waals surface area contributed by atoms with Crippen LogP contribution in [-0.4, -0.2) is 72.8 Å². The summed E-state index contributed by atoms with van der Waals surface area (Å²) in [6, 6.07) is 3.88. The van der Waals surface area contributed by atoms with E-state index in [1.54, 1.807) is 38.1 Å². The topological polar surface area (TPSA) is 235 Å². The fraction of sp³-hybridized carbons (Fsp3) is 0.586. The number of nitrogens with one attached hydrogen (secondary N) is 5. The highest BCUT2D eigenvalue weighted by Gasteiger charge is 2.29. The second-order valence-electron chi connectivity index (χ2n) is 10.6. The Bertz CT molecular complexity index is 1050. The van der Waals surface area contributed by atoms with Gasteiger partial charge in [-0.15, -0.1) is 0 Å². The van der Waals surface area contributed by atoms with E-state index in [0.717, 1.165) is 12.7 Å². The van der Waals surface area contributed by atoms with Crippen molar-refractivity contribution in [2.75, 3.05) is 25.0 Å². The number of carbonyl (C=O) groups excluding carboxylic acids is 6. The molecule has 0 spiro atoms. The Morgan fingerprint density at radius 3 is 2.09 bits per heavy atom. The maximum Gasteiger partial charge on any atom is 0.312 e. The van der Waals surface area contributed by atoms with Crippen LogP contribution in [0.25, 0.3) is 0 Å². The second kappa shape index (κ2) is 20.8. The number of carbonyl (C=O) groups is 6. The van der Waals surface area contributed by atoms with E-state index in [4.69, 9.17) is 11.5 Å². The Morgan fingerprint density at radius 2 is 1.51 bits per heavy atom. The van der Waals surface area contributed by atoms with E-state index in [-0.39, 0.29) is 50.2 Å². The van der Waals surface area contributed by atoms with E-state index in [0.29, 0.717) is 43.6 Å². The van der Waals surface area contributed by atoms with Crippen LogP contribution < -0.4 is 38.1 Å². The minimum atomic E-state index is -0.990. The molecule has 0 aliphatic carbocycles. The van der Waals surface area contributed by atoms with Gasteiger partial charge in [-0.05, 0) is 49.3 Å². The van der Waals surface area contributed by atoms with Crippen LogP contribution in [0.15, 0.2) is 24.3 Å². The van der Waals surface area contributed by atoms with E-state index in [9.17, 15) is 33.9 Å². The molecular formula is C29H47N7O7. The zero-order valence-electron chi connectivity index (χ0n) is 25.0. The first kappa shape index (κ1) is 37.0. The lowest BCUT2D eigenvalue weighted by Gasteiger charge is -2.25. The molecule has 1 aromatic carbocycles. The lowest BCUT2D eigenvalue weighted by Crippen LogP contribution is -2.54. The number of rotatable bonds is 21. The zero-order chi connectivity index (χ0) is 32.2. The van der Waals surface area contributed by atoms with Gasteiger partial charge in [0, 0.05) is 44.1 Å². The predicted molar refractivity (Wildman–Crippen MR) is 161 cm³/mol. The molecule has 240 valence electrons. The molecule has 1 rings (SSSR count). The van der Waals surface area contributed by atoms with Gasteiger partial charge >= 0.3 is 6.03 Å². The van der Waals surface area contributed by atoms with Crippen LogP contribution in [0.5, 0.6) is 0 Å². The van der Waals surface area contributed by atoms with Gasteiger partial charge in [0.05, 0.1) is 6.61 Å². The molecule has 0 fully saturated rings. The minimum absolute atomic E-state index is 0.0645. The van der Waals surface area contributed by atoms with Crippen molar-refractivity contribution in [3.8, 4) is 0 Å². The molecular weight excluding hydrogens is 558 g/mol. The third-order valence-corrected chi connectivity index (χ3v) is 6.67. The van der Waals surface area contributed by atoms with E-state index >= 15 is 0 Å². The number of hydrogen-bond acceptors (Lipinski definition) is 8. The summed E-state index contributed by atoms with van der Waals surface area (Å²) in [5.41, 5.74) is 11.7. The molecule has 10 N–H and O–H groups in total. The summed E-state index contributed by atoms with van der Waals surface area (Å²) < 4.78 is 0. The SMILES string of the molecule is CC(C)[C@H](NC(=O)CCC(=O)NCCCC[C@H](C=O)CN)C(=O)N[C@@H](CCCNC(N)=O)C(=O)Nc1ccc(CO)cc1. The Kier molecular flexibility index (Phi) is 17.9. The normalized spacial score (nSPS) is 12.9. The number of primary amides is 1. The molecule has 0 saturated heterocycles. The molecule has 0 radical (unpaired) electrons. The van der Waals surface area contributed by atoms with Crippen LogP contribution in [0.1, 0.15) is 64.4 Å². The lowest BCUT2D eigenvalue weighted by atomic mass is 10.0. The van der Waals surface area contributed by atoms with Gasteiger partial charge in [-0.2, -0.15) is 0 Å². The average molecular weight is 606 g/mol. The van der Waals surface area contributed by atoms with Crippen molar-refractivity contribution < 1.29 is 33.9 Å². The quantitative estimate of drug-likeness (QED) is 0.0701. The number of anilines is 1. The van der Waals surface area contributed by atoms with Gasteiger partial charge < -0.3 is 48.0 Å². The molecule has 0 unspecified atom stereocenters. The van der Waals surface area contributed by atoms with Crippen LogP contribution in [0.3, 0.4) is 0 Å². The van der Waals surface area contributed by atoms with Gasteiger partial charge in [0.1, 0.15) is 18.4 Å². The van der Waals surface area contributed by atoms with E-state index < -0.39 is 35.8 Å². The van der Waals surface area contributed by atoms with E-state index in [2.05, 4.69) is 26.6 Å². The Hall–Kier alpha value is -4.04. The Morgan fingerprint density at radius 1 is 0.860 bits per heavy atom. The summed E-state index contributed by atoms with van der Waals surface area (Å²) in [6.07, 6.45) is 3.22. The van der Waals surface area contributed by atoms with Gasteiger partial charge in [0.2, 0.25) is 23.6 Å². The number of aliphatic hydroxyl groups is 1. The van der Waals surface area contributed by atoms with Crippen LogP contribution in [-0.2, 0) is 30.6 Å². The molecule has 14 heteroatoms.